The molecule has 9 unspecified atom stereocenters. The Hall–Kier alpha value is -2.78. The van der Waals surface area contributed by atoms with Crippen LogP contribution in [0.3, 0.4) is 0 Å². The van der Waals surface area contributed by atoms with Gasteiger partial charge in [0, 0.05) is 58.3 Å². The van der Waals surface area contributed by atoms with Crippen molar-refractivity contribution in [3.8, 4) is 0 Å². The maximum atomic E-state index is 13.9. The third kappa shape index (κ3) is 11.1. The van der Waals surface area contributed by atoms with Gasteiger partial charge in [0.15, 0.2) is 25.2 Å². The second-order valence-corrected chi connectivity index (χ2v) is 24.5. The topological polar surface area (TPSA) is 276 Å². The summed E-state index contributed by atoms with van der Waals surface area (Å²) in [5.74, 6) is -1.33. The molecule has 4 aliphatic carbocycles. The van der Waals surface area contributed by atoms with Crippen molar-refractivity contribution in [3.63, 3.8) is 0 Å². The largest absolute Gasteiger partial charge is 0.463 e. The molecule has 0 bridgehead atoms. The van der Waals surface area contributed by atoms with Crippen LogP contribution in [0, 0.1) is 34.0 Å². The van der Waals surface area contributed by atoms with Gasteiger partial charge in [-0.05, 0) is 95.1 Å². The van der Waals surface area contributed by atoms with Crippen molar-refractivity contribution < 1.29 is 102 Å². The molecule has 21 nitrogen and oxygen atoms in total. The van der Waals surface area contributed by atoms with Crippen LogP contribution < -0.4 is 0 Å². The standard InChI is InChI=1S/C58H88O21/c1-28(70-32(5)60)35-19-22-58(66)36-18-20-55(6)26-34(17-21-56(55,7)37(36)23-41(57(35,58)8)76-52(65)33-15-13-12-14-16-33)74-42-24-38(67-9)48(29(2)71-42)77-43-25-39(68-10)49(30(3)72-43)78-54-47(64)51(69-11)50(31(4)73-54)79-53-46(63)45(62)44(61)40(27-59)75-53/h12-16,18,20,28-31,34-51,53-54,59,61-64,66H,17,19,21-27H2,1-11H3/t28?,29?,30?,31?,34-,35+,36?,37?,38+,39+,40?,41+,42-,43-,44+,45-,46?,47?,48+,49+,50+,51+,53-,54-,55-,56+,57-,58-/m0/s1. The first-order chi connectivity index (χ1) is 37.4. The summed E-state index contributed by atoms with van der Waals surface area (Å²) in [6.45, 7) is 14.7. The van der Waals surface area contributed by atoms with E-state index in [2.05, 4.69) is 26.0 Å². The van der Waals surface area contributed by atoms with Gasteiger partial charge < -0.3 is 92.2 Å². The van der Waals surface area contributed by atoms with Crippen LogP contribution in [0.4, 0.5) is 0 Å². The Morgan fingerprint density at radius 1 is 0.709 bits per heavy atom. The highest BCUT2D eigenvalue weighted by atomic mass is 16.8. The van der Waals surface area contributed by atoms with E-state index in [4.69, 9.17) is 61.6 Å². The average molecular weight is 1120 g/mol. The molecule has 28 atom stereocenters. The Bertz CT molecular complexity index is 2260. The molecule has 4 aliphatic heterocycles. The first-order valence-electron chi connectivity index (χ1n) is 28.5. The van der Waals surface area contributed by atoms with Crippen LogP contribution in [-0.4, -0.2) is 205 Å². The van der Waals surface area contributed by atoms with E-state index in [0.717, 1.165) is 12.8 Å². The fourth-order valence-electron chi connectivity index (χ4n) is 15.5. The summed E-state index contributed by atoms with van der Waals surface area (Å²) in [6, 6.07) is 8.95. The third-order valence-electron chi connectivity index (χ3n) is 20.2. The lowest BCUT2D eigenvalue weighted by molar-refractivity contribution is -0.373. The summed E-state index contributed by atoms with van der Waals surface area (Å²) in [7, 11) is 4.56. The second-order valence-electron chi connectivity index (χ2n) is 24.5. The molecule has 79 heavy (non-hydrogen) atoms. The number of aliphatic hydroxyl groups is 6. The molecule has 1 aromatic rings. The smallest absolute Gasteiger partial charge is 0.338 e. The molecule has 6 N–H and O–H groups in total. The predicted molar refractivity (Wildman–Crippen MR) is 277 cm³/mol. The van der Waals surface area contributed by atoms with Gasteiger partial charge in [-0.15, -0.1) is 0 Å². The quantitative estimate of drug-likeness (QED) is 0.102. The van der Waals surface area contributed by atoms with Gasteiger partial charge in [-0.25, -0.2) is 4.79 Å². The van der Waals surface area contributed by atoms with Crippen LogP contribution in [0.25, 0.3) is 0 Å². The van der Waals surface area contributed by atoms with Crippen LogP contribution in [0.5, 0.6) is 0 Å². The van der Waals surface area contributed by atoms with Crippen LogP contribution in [-0.2, 0) is 66.4 Å². The maximum absolute atomic E-state index is 13.9. The number of hydrogen-bond acceptors (Lipinski definition) is 21. The number of esters is 2. The van der Waals surface area contributed by atoms with Crippen molar-refractivity contribution in [3.05, 3.63) is 48.0 Å². The zero-order valence-corrected chi connectivity index (χ0v) is 47.6. The summed E-state index contributed by atoms with van der Waals surface area (Å²) < 4.78 is 80.8. The van der Waals surface area contributed by atoms with Crippen molar-refractivity contribution in [2.75, 3.05) is 27.9 Å². The molecule has 1 aromatic carbocycles. The van der Waals surface area contributed by atoms with Gasteiger partial charge in [-0.3, -0.25) is 4.79 Å². The molecular formula is C58H88O21. The van der Waals surface area contributed by atoms with E-state index < -0.39 is 146 Å². The fraction of sp³-hybridized carbons (Fsp3) is 0.828. The number of methoxy groups -OCH3 is 3. The van der Waals surface area contributed by atoms with E-state index in [0.29, 0.717) is 37.7 Å². The van der Waals surface area contributed by atoms with Crippen LogP contribution in [0.15, 0.2) is 42.5 Å². The van der Waals surface area contributed by atoms with Gasteiger partial charge in [-0.2, -0.15) is 0 Å². The minimum absolute atomic E-state index is 0.0357. The summed E-state index contributed by atoms with van der Waals surface area (Å²) in [6.07, 6.45) is -10.2. The lowest BCUT2D eigenvalue weighted by Gasteiger charge is -2.66. The number of allylic oxidation sites excluding steroid dienone is 1. The van der Waals surface area contributed by atoms with Crippen LogP contribution in [0.1, 0.15) is 117 Å². The minimum atomic E-state index is -1.67. The summed E-state index contributed by atoms with van der Waals surface area (Å²) in [5.41, 5.74) is -2.35. The molecule has 3 saturated carbocycles. The van der Waals surface area contributed by atoms with Crippen molar-refractivity contribution in [1.29, 1.82) is 0 Å². The van der Waals surface area contributed by atoms with E-state index in [1.807, 2.05) is 33.8 Å². The lowest BCUT2D eigenvalue weighted by atomic mass is 9.41. The number of fused-ring (bicyclic) bond motifs is 5. The first-order valence-corrected chi connectivity index (χ1v) is 28.5. The van der Waals surface area contributed by atoms with Gasteiger partial charge in [0.25, 0.3) is 0 Å². The molecule has 21 heteroatoms. The Kier molecular flexibility index (Phi) is 18.5. The van der Waals surface area contributed by atoms with Gasteiger partial charge in [0.2, 0.25) is 0 Å². The molecular weight excluding hydrogens is 1030 g/mol. The summed E-state index contributed by atoms with van der Waals surface area (Å²) in [5, 5.41) is 65.7. The SMILES string of the molecule is CO[C@@H]1C(O)[C@H](O[C@@H]2C(C)O[C@@H](O[C@@H]3C(C)O[C@@H](O[C@H]4CC[C@]5(C)C6C[C@@H](OC(=O)c7ccccc7)[C@]7(C)[C@@H](C(C)OC(C)=O)CC[C@]7(O)C6C=C[C@@]5(C)C4)C[C@H]3OC)C[C@H]2OC)OC(C)[C@H]1O[C@@H]1OC(CO)[C@@H](O)[C@H](O)C1O. The minimum Gasteiger partial charge on any atom is -0.463 e. The molecule has 4 saturated heterocycles. The Morgan fingerprint density at radius 2 is 1.32 bits per heavy atom. The highest BCUT2D eigenvalue weighted by Crippen LogP contribution is 2.71. The van der Waals surface area contributed by atoms with Gasteiger partial charge in [-0.1, -0.05) is 51.1 Å². The van der Waals surface area contributed by atoms with Crippen molar-refractivity contribution >= 4 is 11.9 Å². The van der Waals surface area contributed by atoms with Gasteiger partial charge in [0.1, 0.15) is 67.1 Å². The van der Waals surface area contributed by atoms with E-state index in [-0.39, 0.29) is 47.1 Å². The Morgan fingerprint density at radius 3 is 1.94 bits per heavy atom. The molecule has 0 amide bonds. The average Bonchev–Trinajstić information content (AvgIpc) is 3.33. The fourth-order valence-corrected chi connectivity index (χ4v) is 15.5. The number of aliphatic hydroxyl groups excluding tert-OH is 5. The number of carbonyl (C=O) groups is 2. The molecule has 4 heterocycles. The monoisotopic (exact) mass is 1120 g/mol. The molecule has 446 valence electrons. The van der Waals surface area contributed by atoms with Crippen molar-refractivity contribution in [2.24, 2.45) is 34.0 Å². The van der Waals surface area contributed by atoms with E-state index >= 15 is 0 Å². The van der Waals surface area contributed by atoms with Crippen LogP contribution in [0.2, 0.25) is 0 Å². The molecule has 0 spiro atoms. The highest BCUT2D eigenvalue weighted by molar-refractivity contribution is 5.89. The third-order valence-corrected chi connectivity index (χ3v) is 20.2. The Balaban J connectivity index is 0.821. The van der Waals surface area contributed by atoms with Crippen molar-refractivity contribution in [1.82, 2.24) is 0 Å². The molecule has 9 rings (SSSR count). The lowest BCUT2D eigenvalue weighted by Crippen LogP contribution is -2.68. The van der Waals surface area contributed by atoms with Gasteiger partial charge in [0.05, 0.1) is 54.4 Å². The van der Waals surface area contributed by atoms with E-state index in [1.54, 1.807) is 45.4 Å². The summed E-state index contributed by atoms with van der Waals surface area (Å²) >= 11 is 0. The molecule has 0 radical (unpaired) electrons. The number of carbonyl (C=O) groups excluding carboxylic acids is 2. The second kappa shape index (κ2) is 24.1. The number of benzene rings is 1. The van der Waals surface area contributed by atoms with Gasteiger partial charge >= 0.3 is 11.9 Å². The normalized spacial score (nSPS) is 49.2. The zero-order chi connectivity index (χ0) is 57.1. The van der Waals surface area contributed by atoms with E-state index in [1.165, 1.54) is 14.0 Å². The zero-order valence-electron chi connectivity index (χ0n) is 47.6. The molecule has 8 aliphatic rings. The van der Waals surface area contributed by atoms with E-state index in [9.17, 15) is 40.2 Å². The molecule has 0 aromatic heterocycles. The molecule has 7 fully saturated rings. The van der Waals surface area contributed by atoms with Crippen molar-refractivity contribution in [2.45, 2.75) is 241 Å². The maximum Gasteiger partial charge on any atom is 0.338 e. The number of ether oxygens (including phenoxy) is 13. The Labute approximate surface area is 463 Å². The number of rotatable bonds is 16. The van der Waals surface area contributed by atoms with Crippen LogP contribution >= 0.6 is 0 Å². The highest BCUT2D eigenvalue weighted by Gasteiger charge is 2.73. The first kappa shape index (κ1) is 60.8. The number of hydrogen-bond donors (Lipinski definition) is 6. The summed E-state index contributed by atoms with van der Waals surface area (Å²) in [4.78, 5) is 26.2. The predicted octanol–water partition coefficient (Wildman–Crippen LogP) is 3.47.